The zero-order valence-corrected chi connectivity index (χ0v) is 16.3. The fraction of sp³-hybridized carbons (Fsp3) is 0.762. The Morgan fingerprint density at radius 1 is 1.19 bits per heavy atom. The van der Waals surface area contributed by atoms with Crippen LogP contribution in [-0.4, -0.2) is 51.9 Å². The largest absolute Gasteiger partial charge is 0.342 e. The molecular weight excluding hydrogens is 324 g/mol. The van der Waals surface area contributed by atoms with Crippen LogP contribution in [0.25, 0.3) is 0 Å². The zero-order valence-electron chi connectivity index (χ0n) is 16.3. The van der Waals surface area contributed by atoms with E-state index in [9.17, 15) is 4.79 Å². The second-order valence-electron chi connectivity index (χ2n) is 9.14. The van der Waals surface area contributed by atoms with Crippen LogP contribution in [0.5, 0.6) is 0 Å². The summed E-state index contributed by atoms with van der Waals surface area (Å²) in [6.45, 7) is 9.41. The molecule has 5 heteroatoms. The third-order valence-corrected chi connectivity index (χ3v) is 6.31. The molecular formula is C21H32N4O. The lowest BCUT2D eigenvalue weighted by molar-refractivity contribution is -0.139. The molecule has 3 aliphatic rings. The molecule has 3 fully saturated rings. The fourth-order valence-corrected chi connectivity index (χ4v) is 4.66. The van der Waals surface area contributed by atoms with Gasteiger partial charge in [0.25, 0.3) is 0 Å². The molecule has 1 spiro atoms. The fourth-order valence-electron chi connectivity index (χ4n) is 4.66. The van der Waals surface area contributed by atoms with E-state index in [0.29, 0.717) is 17.2 Å². The van der Waals surface area contributed by atoms with Gasteiger partial charge in [0, 0.05) is 61.9 Å². The number of hydrogen-bond acceptors (Lipinski definition) is 4. The van der Waals surface area contributed by atoms with E-state index in [1.165, 1.54) is 31.2 Å². The summed E-state index contributed by atoms with van der Waals surface area (Å²) in [5.41, 5.74) is 1.51. The van der Waals surface area contributed by atoms with E-state index in [-0.39, 0.29) is 0 Å². The Kier molecular flexibility index (Phi) is 5.00. The van der Waals surface area contributed by atoms with Gasteiger partial charge in [-0.1, -0.05) is 13.8 Å². The maximum absolute atomic E-state index is 12.3. The van der Waals surface area contributed by atoms with Crippen LogP contribution in [0.2, 0.25) is 0 Å². The minimum absolute atomic E-state index is 0.305. The highest BCUT2D eigenvalue weighted by Gasteiger charge is 2.42. The summed E-state index contributed by atoms with van der Waals surface area (Å²) in [6.07, 6.45) is 10.9. The predicted octanol–water partition coefficient (Wildman–Crippen LogP) is 3.21. The van der Waals surface area contributed by atoms with Gasteiger partial charge in [-0.05, 0) is 44.6 Å². The number of piperidine rings is 2. The summed E-state index contributed by atoms with van der Waals surface area (Å²) in [7, 11) is 0. The number of rotatable bonds is 5. The number of likely N-dealkylation sites (tertiary alicyclic amines) is 2. The van der Waals surface area contributed by atoms with Gasteiger partial charge in [-0.3, -0.25) is 9.69 Å². The Balaban J connectivity index is 1.39. The van der Waals surface area contributed by atoms with Gasteiger partial charge in [-0.2, -0.15) is 0 Å². The summed E-state index contributed by atoms with van der Waals surface area (Å²) < 4.78 is 0. The molecule has 2 aliphatic heterocycles. The van der Waals surface area contributed by atoms with Crippen molar-refractivity contribution in [1.29, 1.82) is 0 Å². The van der Waals surface area contributed by atoms with E-state index >= 15 is 0 Å². The predicted molar refractivity (Wildman–Crippen MR) is 102 cm³/mol. The van der Waals surface area contributed by atoms with Gasteiger partial charge < -0.3 is 4.90 Å². The number of hydrogen-bond donors (Lipinski definition) is 0. The summed E-state index contributed by atoms with van der Waals surface area (Å²) in [5.74, 6) is 2.47. The summed E-state index contributed by atoms with van der Waals surface area (Å²) in [5, 5.41) is 0. The minimum Gasteiger partial charge on any atom is -0.342 e. The smallest absolute Gasteiger partial charge is 0.222 e. The lowest BCUT2D eigenvalue weighted by Crippen LogP contribution is -2.54. The van der Waals surface area contributed by atoms with Gasteiger partial charge in [-0.25, -0.2) is 9.97 Å². The molecule has 5 nitrogen and oxygen atoms in total. The Bertz CT molecular complexity index is 640. The molecule has 142 valence electrons. The van der Waals surface area contributed by atoms with E-state index < -0.39 is 0 Å². The maximum atomic E-state index is 12.3. The highest BCUT2D eigenvalue weighted by molar-refractivity contribution is 5.77. The van der Waals surface area contributed by atoms with E-state index in [4.69, 9.17) is 0 Å². The molecule has 0 aromatic carbocycles. The number of carbonyl (C=O) groups is 1. The average molecular weight is 357 g/mol. The molecule has 26 heavy (non-hydrogen) atoms. The molecule has 1 aromatic rings. The van der Waals surface area contributed by atoms with E-state index in [1.807, 2.05) is 12.4 Å². The molecule has 0 radical (unpaired) electrons. The first kappa shape index (κ1) is 17.9. The molecule has 1 atom stereocenters. The average Bonchev–Trinajstić information content (AvgIpc) is 3.43. The highest BCUT2D eigenvalue weighted by atomic mass is 16.2. The van der Waals surface area contributed by atoms with Crippen LogP contribution in [-0.2, 0) is 11.3 Å². The number of nitrogens with zero attached hydrogens (tertiary/aromatic N) is 4. The SMILES string of the molecule is CC(C)c1ncc(CN2CCC[C@]3(CCC(=O)N(CC4CC4)C3)C2)cn1. The molecule has 1 aromatic heterocycles. The Morgan fingerprint density at radius 2 is 1.96 bits per heavy atom. The standard InChI is InChI=1S/C21H32N4O/c1-16(2)20-22-10-18(11-23-20)12-24-9-3-7-21(14-24)8-6-19(26)25(15-21)13-17-4-5-17/h10-11,16-17H,3-9,12-15H2,1-2H3/t21-/m0/s1. The molecule has 1 amide bonds. The molecule has 0 N–H and O–H groups in total. The first-order valence-electron chi connectivity index (χ1n) is 10.3. The van der Waals surface area contributed by atoms with E-state index in [2.05, 4.69) is 33.6 Å². The van der Waals surface area contributed by atoms with Crippen molar-refractivity contribution < 1.29 is 4.79 Å². The van der Waals surface area contributed by atoms with Crippen molar-refractivity contribution in [2.24, 2.45) is 11.3 Å². The highest BCUT2D eigenvalue weighted by Crippen LogP contribution is 2.41. The molecule has 1 saturated carbocycles. The zero-order chi connectivity index (χ0) is 18.1. The van der Waals surface area contributed by atoms with E-state index in [0.717, 1.165) is 57.3 Å². The third kappa shape index (κ3) is 4.08. The monoisotopic (exact) mass is 356 g/mol. The quantitative estimate of drug-likeness (QED) is 0.813. The molecule has 2 saturated heterocycles. The normalized spacial score (nSPS) is 27.5. The van der Waals surface area contributed by atoms with Gasteiger partial charge in [0.15, 0.2) is 0 Å². The van der Waals surface area contributed by atoms with Crippen LogP contribution in [0.3, 0.4) is 0 Å². The summed E-state index contributed by atoms with van der Waals surface area (Å²) >= 11 is 0. The van der Waals surface area contributed by atoms with Gasteiger partial charge in [-0.15, -0.1) is 0 Å². The topological polar surface area (TPSA) is 49.3 Å². The van der Waals surface area contributed by atoms with Crippen molar-refractivity contribution >= 4 is 5.91 Å². The Morgan fingerprint density at radius 3 is 2.65 bits per heavy atom. The Labute approximate surface area is 157 Å². The van der Waals surface area contributed by atoms with Gasteiger partial charge in [0.1, 0.15) is 5.82 Å². The van der Waals surface area contributed by atoms with E-state index in [1.54, 1.807) is 0 Å². The molecule has 1 aliphatic carbocycles. The van der Waals surface area contributed by atoms with Crippen LogP contribution in [0.15, 0.2) is 12.4 Å². The van der Waals surface area contributed by atoms with Gasteiger partial charge in [0.2, 0.25) is 5.91 Å². The molecule has 3 heterocycles. The van der Waals surface area contributed by atoms with Crippen LogP contribution < -0.4 is 0 Å². The van der Waals surface area contributed by atoms with Gasteiger partial charge >= 0.3 is 0 Å². The first-order chi connectivity index (χ1) is 12.5. The maximum Gasteiger partial charge on any atom is 0.222 e. The van der Waals surface area contributed by atoms with Crippen LogP contribution in [0, 0.1) is 11.3 Å². The van der Waals surface area contributed by atoms with Gasteiger partial charge in [0.05, 0.1) is 0 Å². The van der Waals surface area contributed by atoms with Crippen molar-refractivity contribution in [3.8, 4) is 0 Å². The van der Waals surface area contributed by atoms with Crippen molar-refractivity contribution in [3.63, 3.8) is 0 Å². The van der Waals surface area contributed by atoms with Crippen molar-refractivity contribution in [1.82, 2.24) is 19.8 Å². The first-order valence-corrected chi connectivity index (χ1v) is 10.3. The Hall–Kier alpha value is -1.49. The second kappa shape index (κ2) is 7.26. The lowest BCUT2D eigenvalue weighted by atomic mass is 9.73. The molecule has 0 unspecified atom stereocenters. The minimum atomic E-state index is 0.305. The summed E-state index contributed by atoms with van der Waals surface area (Å²) in [6, 6.07) is 0. The number of aromatic nitrogens is 2. The second-order valence-corrected chi connectivity index (χ2v) is 9.14. The molecule has 0 bridgehead atoms. The van der Waals surface area contributed by atoms with Crippen molar-refractivity contribution in [2.75, 3.05) is 26.2 Å². The van der Waals surface area contributed by atoms with Crippen LogP contribution in [0.1, 0.15) is 69.7 Å². The molecule has 4 rings (SSSR count). The van der Waals surface area contributed by atoms with Crippen LogP contribution in [0.4, 0.5) is 0 Å². The van der Waals surface area contributed by atoms with Crippen molar-refractivity contribution in [2.45, 2.75) is 64.8 Å². The van der Waals surface area contributed by atoms with Crippen molar-refractivity contribution in [3.05, 3.63) is 23.8 Å². The number of carbonyl (C=O) groups excluding carboxylic acids is 1. The lowest BCUT2D eigenvalue weighted by Gasteiger charge is -2.48. The van der Waals surface area contributed by atoms with Crippen LogP contribution >= 0.6 is 0 Å². The summed E-state index contributed by atoms with van der Waals surface area (Å²) in [4.78, 5) is 26.1. The number of amides is 1. The third-order valence-electron chi connectivity index (χ3n) is 6.31.